The van der Waals surface area contributed by atoms with E-state index >= 15 is 0 Å². The summed E-state index contributed by atoms with van der Waals surface area (Å²) in [5, 5.41) is 3.45. The molecular formula is C40H43NO8. The van der Waals surface area contributed by atoms with E-state index < -0.39 is 36.4 Å². The number of nitrogens with one attached hydrogen (secondary N) is 1. The molecule has 0 saturated heterocycles. The number of unbranched alkanes of at least 4 members (excludes halogenated alkanes) is 2. The van der Waals surface area contributed by atoms with Gasteiger partial charge >= 0.3 is 17.9 Å². The molecule has 0 aromatic heterocycles. The Balaban J connectivity index is 1.40. The molecule has 0 saturated carbocycles. The van der Waals surface area contributed by atoms with Crippen molar-refractivity contribution in [3.8, 4) is 0 Å². The van der Waals surface area contributed by atoms with Crippen molar-refractivity contribution in [2.45, 2.75) is 44.3 Å². The van der Waals surface area contributed by atoms with Crippen molar-refractivity contribution in [3.63, 3.8) is 0 Å². The Hall–Kier alpha value is -5.09. The number of benzene rings is 4. The molecule has 0 bridgehead atoms. The molecule has 9 nitrogen and oxygen atoms in total. The van der Waals surface area contributed by atoms with Gasteiger partial charge in [0.2, 0.25) is 0 Å². The van der Waals surface area contributed by atoms with Crippen LogP contribution in [-0.4, -0.2) is 63.3 Å². The summed E-state index contributed by atoms with van der Waals surface area (Å²) in [7, 11) is 1.46. The summed E-state index contributed by atoms with van der Waals surface area (Å²) in [4.78, 5) is 38.8. The zero-order chi connectivity index (χ0) is 34.5. The molecule has 0 spiro atoms. The minimum Gasteiger partial charge on any atom is -0.458 e. The maximum Gasteiger partial charge on any atom is 0.338 e. The lowest BCUT2D eigenvalue weighted by Crippen LogP contribution is -2.35. The fourth-order valence-corrected chi connectivity index (χ4v) is 4.76. The third kappa shape index (κ3) is 13.1. The normalized spacial score (nSPS) is 12.9. The van der Waals surface area contributed by atoms with Crippen LogP contribution in [0, 0.1) is 0 Å². The number of hydrogen-bond donors (Lipinski definition) is 1. The molecule has 9 heteroatoms. The smallest absolute Gasteiger partial charge is 0.338 e. The lowest BCUT2D eigenvalue weighted by molar-refractivity contribution is -0.169. The lowest BCUT2D eigenvalue weighted by atomic mass is 10.2. The number of hydrogen-bond acceptors (Lipinski definition) is 9. The second-order valence-corrected chi connectivity index (χ2v) is 11.1. The standard InChI is InChI=1S/C40H43NO8/c1-45-40(46-28-16-6-15-27-41-29-31-17-7-2-8-18-31)36(49-39(44)34-23-13-5-14-24-34)26-25-35(48-38(43)33-21-11-4-12-22-33)30-47-37(42)32-19-9-3-10-20-32/h2-5,7-14,17-26,35-36,40-41H,6,15-16,27-30H2,1H3/b26-25+/t35-,36?,40?/m0/s1. The number of esters is 3. The molecule has 3 atom stereocenters. The van der Waals surface area contributed by atoms with Gasteiger partial charge in [0.1, 0.15) is 6.61 Å². The minimum absolute atomic E-state index is 0.279. The topological polar surface area (TPSA) is 109 Å². The molecule has 256 valence electrons. The Morgan fingerprint density at radius 1 is 0.633 bits per heavy atom. The van der Waals surface area contributed by atoms with Crippen LogP contribution in [0.2, 0.25) is 0 Å². The summed E-state index contributed by atoms with van der Waals surface area (Å²) in [6.45, 7) is 1.78. The molecule has 0 amide bonds. The van der Waals surface area contributed by atoms with Gasteiger partial charge < -0.3 is 29.0 Å². The summed E-state index contributed by atoms with van der Waals surface area (Å²) < 4.78 is 28.7. The first-order valence-corrected chi connectivity index (χ1v) is 16.3. The number of carbonyl (C=O) groups excluding carboxylic acids is 3. The van der Waals surface area contributed by atoms with Crippen LogP contribution in [0.5, 0.6) is 0 Å². The van der Waals surface area contributed by atoms with Crippen LogP contribution >= 0.6 is 0 Å². The van der Waals surface area contributed by atoms with Crippen LogP contribution < -0.4 is 5.32 Å². The van der Waals surface area contributed by atoms with Gasteiger partial charge in [-0.15, -0.1) is 0 Å². The van der Waals surface area contributed by atoms with Gasteiger partial charge in [-0.1, -0.05) is 84.9 Å². The predicted molar refractivity (Wildman–Crippen MR) is 186 cm³/mol. The van der Waals surface area contributed by atoms with E-state index in [2.05, 4.69) is 17.4 Å². The molecule has 0 aliphatic heterocycles. The quantitative estimate of drug-likeness (QED) is 0.0358. The third-order valence-electron chi connectivity index (χ3n) is 7.38. The highest BCUT2D eigenvalue weighted by atomic mass is 16.7. The first-order chi connectivity index (χ1) is 24.0. The first-order valence-electron chi connectivity index (χ1n) is 16.3. The molecular weight excluding hydrogens is 622 g/mol. The SMILES string of the molecule is COC(OCCCCCNCc1ccccc1)C(/C=C/[C@@H](COC(=O)c1ccccc1)OC(=O)c1ccccc1)OC(=O)c1ccccc1. The summed E-state index contributed by atoms with van der Waals surface area (Å²) in [5.41, 5.74) is 2.27. The third-order valence-corrected chi connectivity index (χ3v) is 7.38. The minimum atomic E-state index is -1.02. The van der Waals surface area contributed by atoms with Crippen LogP contribution in [0.3, 0.4) is 0 Å². The second kappa shape index (κ2) is 21.0. The largest absolute Gasteiger partial charge is 0.458 e. The zero-order valence-corrected chi connectivity index (χ0v) is 27.6. The maximum atomic E-state index is 13.1. The Morgan fingerprint density at radius 2 is 1.16 bits per heavy atom. The highest BCUT2D eigenvalue weighted by molar-refractivity contribution is 5.90. The molecule has 49 heavy (non-hydrogen) atoms. The summed E-state index contributed by atoms with van der Waals surface area (Å²) in [6, 6.07) is 35.8. The molecule has 4 rings (SSSR count). The van der Waals surface area contributed by atoms with Gasteiger partial charge in [-0.3, -0.25) is 0 Å². The summed E-state index contributed by atoms with van der Waals surface area (Å²) in [5.74, 6) is -1.77. The fourth-order valence-electron chi connectivity index (χ4n) is 4.76. The molecule has 0 fully saturated rings. The first kappa shape index (κ1) is 36.7. The van der Waals surface area contributed by atoms with Crippen molar-refractivity contribution in [1.82, 2.24) is 5.32 Å². The van der Waals surface area contributed by atoms with E-state index in [0.717, 1.165) is 32.4 Å². The van der Waals surface area contributed by atoms with Crippen molar-refractivity contribution in [2.75, 3.05) is 26.9 Å². The zero-order valence-electron chi connectivity index (χ0n) is 27.6. The number of ether oxygens (including phenoxy) is 5. The van der Waals surface area contributed by atoms with Gasteiger partial charge in [0.15, 0.2) is 18.5 Å². The van der Waals surface area contributed by atoms with Crippen molar-refractivity contribution in [1.29, 1.82) is 0 Å². The van der Waals surface area contributed by atoms with Gasteiger partial charge in [0, 0.05) is 20.3 Å². The van der Waals surface area contributed by atoms with E-state index in [1.807, 2.05) is 18.2 Å². The maximum absolute atomic E-state index is 13.1. The molecule has 4 aromatic rings. The molecule has 0 heterocycles. The fraction of sp³-hybridized carbons (Fsp3) is 0.275. The molecule has 0 aliphatic carbocycles. The number of methoxy groups -OCH3 is 1. The molecule has 1 N–H and O–H groups in total. The molecule has 2 unspecified atom stereocenters. The van der Waals surface area contributed by atoms with E-state index in [-0.39, 0.29) is 6.61 Å². The van der Waals surface area contributed by atoms with Crippen LogP contribution in [0.4, 0.5) is 0 Å². The van der Waals surface area contributed by atoms with Crippen LogP contribution in [0.25, 0.3) is 0 Å². The van der Waals surface area contributed by atoms with Gasteiger partial charge in [-0.05, 0) is 79.9 Å². The highest BCUT2D eigenvalue weighted by Crippen LogP contribution is 2.15. The number of rotatable bonds is 20. The Labute approximate surface area is 287 Å². The van der Waals surface area contributed by atoms with Crippen molar-refractivity contribution >= 4 is 17.9 Å². The van der Waals surface area contributed by atoms with E-state index in [4.69, 9.17) is 23.7 Å². The Kier molecular flexibility index (Phi) is 15.7. The van der Waals surface area contributed by atoms with Crippen LogP contribution in [0.1, 0.15) is 55.9 Å². The average molecular weight is 666 g/mol. The van der Waals surface area contributed by atoms with Gasteiger partial charge in [0.25, 0.3) is 0 Å². The molecule has 4 aromatic carbocycles. The van der Waals surface area contributed by atoms with Crippen LogP contribution in [0.15, 0.2) is 133 Å². The average Bonchev–Trinajstić information content (AvgIpc) is 3.16. The molecule has 0 radical (unpaired) electrons. The Bertz CT molecular complexity index is 1570. The van der Waals surface area contributed by atoms with Gasteiger partial charge in [-0.25, -0.2) is 14.4 Å². The van der Waals surface area contributed by atoms with Crippen LogP contribution in [-0.2, 0) is 30.2 Å². The lowest BCUT2D eigenvalue weighted by Gasteiger charge is -2.24. The van der Waals surface area contributed by atoms with E-state index in [0.29, 0.717) is 23.3 Å². The van der Waals surface area contributed by atoms with E-state index in [1.165, 1.54) is 24.8 Å². The predicted octanol–water partition coefficient (Wildman–Crippen LogP) is 6.80. The Morgan fingerprint density at radius 3 is 1.73 bits per heavy atom. The highest BCUT2D eigenvalue weighted by Gasteiger charge is 2.26. The van der Waals surface area contributed by atoms with E-state index in [9.17, 15) is 14.4 Å². The van der Waals surface area contributed by atoms with Crippen molar-refractivity contribution < 1.29 is 38.1 Å². The van der Waals surface area contributed by atoms with Gasteiger partial charge in [-0.2, -0.15) is 0 Å². The second-order valence-electron chi connectivity index (χ2n) is 11.1. The van der Waals surface area contributed by atoms with Crippen molar-refractivity contribution in [2.24, 2.45) is 0 Å². The summed E-state index contributed by atoms with van der Waals surface area (Å²) in [6.07, 6.45) is 2.70. The summed E-state index contributed by atoms with van der Waals surface area (Å²) >= 11 is 0. The van der Waals surface area contributed by atoms with E-state index in [1.54, 1.807) is 91.0 Å². The number of carbonyl (C=O) groups is 3. The monoisotopic (exact) mass is 665 g/mol. The van der Waals surface area contributed by atoms with Gasteiger partial charge in [0.05, 0.1) is 16.7 Å². The van der Waals surface area contributed by atoms with Crippen molar-refractivity contribution in [3.05, 3.63) is 156 Å². The molecule has 0 aliphatic rings.